The molecule has 0 aromatic carbocycles. The van der Waals surface area contributed by atoms with Crippen LogP contribution in [0.4, 0.5) is 0 Å². The number of nitrogens with zero attached hydrogens (tertiary/aromatic N) is 2. The Morgan fingerprint density at radius 2 is 0.912 bits per heavy atom. The number of carbonyl (C=O) groups excluding carboxylic acids is 5. The Hall–Kier alpha value is -5.92. The lowest BCUT2D eigenvalue weighted by Gasteiger charge is -2.26. The SMILES string of the molecule is CSCC[C@@H](NC(=O)[C@H](CC(=O)O)NC(=O)[C@H](CCCN=C(N)N)NC(=O)[C@@H](N)CCCN=C(N)N)C(=O)N[C@@H](CCC(=O)O)C(=O)N[C@@H](CCC(=O)O)C(=O)O. The highest BCUT2D eigenvalue weighted by atomic mass is 32.2. The average molecular weight is 835 g/mol. The fourth-order valence-electron chi connectivity index (χ4n) is 4.74. The molecule has 0 aliphatic heterocycles. The van der Waals surface area contributed by atoms with E-state index in [0.717, 1.165) is 0 Å². The third-order valence-electron chi connectivity index (χ3n) is 7.68. The molecule has 0 aliphatic rings. The lowest BCUT2D eigenvalue weighted by Crippen LogP contribution is -2.59. The molecule has 19 N–H and O–H groups in total. The van der Waals surface area contributed by atoms with Gasteiger partial charge in [0.15, 0.2) is 11.9 Å². The predicted molar refractivity (Wildman–Crippen MR) is 204 cm³/mol. The second-order valence-corrected chi connectivity index (χ2v) is 13.4. The zero-order valence-electron chi connectivity index (χ0n) is 31.3. The molecular weight excluding hydrogens is 780 g/mol. The molecule has 6 atom stereocenters. The Morgan fingerprint density at radius 3 is 1.35 bits per heavy atom. The Kier molecular flexibility index (Phi) is 24.8. The molecule has 0 aromatic heterocycles. The normalized spacial score (nSPS) is 13.8. The average Bonchev–Trinajstić information content (AvgIpc) is 3.11. The molecule has 0 rings (SSSR count). The van der Waals surface area contributed by atoms with Crippen LogP contribution in [-0.2, 0) is 43.2 Å². The number of hydrogen-bond donors (Lipinski definition) is 14. The number of thioether (sulfide) groups is 1. The van der Waals surface area contributed by atoms with E-state index in [2.05, 4.69) is 36.6 Å². The number of rotatable bonds is 30. The maximum Gasteiger partial charge on any atom is 0.326 e. The van der Waals surface area contributed by atoms with Crippen molar-refractivity contribution in [3.8, 4) is 0 Å². The van der Waals surface area contributed by atoms with Crippen LogP contribution >= 0.6 is 11.8 Å². The predicted octanol–water partition coefficient (Wildman–Crippen LogP) is -5.11. The molecule has 0 bridgehead atoms. The summed E-state index contributed by atoms with van der Waals surface area (Å²) in [5.41, 5.74) is 27.2. The fourth-order valence-corrected chi connectivity index (χ4v) is 5.21. The van der Waals surface area contributed by atoms with E-state index in [-0.39, 0.29) is 56.4 Å². The number of carboxylic acids is 4. The lowest BCUT2D eigenvalue weighted by molar-refractivity contribution is -0.144. The number of nitrogens with one attached hydrogen (secondary N) is 5. The van der Waals surface area contributed by atoms with Crippen LogP contribution in [0.2, 0.25) is 0 Å². The minimum atomic E-state index is -1.83. The van der Waals surface area contributed by atoms with Gasteiger partial charge in [-0.3, -0.25) is 48.3 Å². The first-order valence-corrected chi connectivity index (χ1v) is 18.8. The molecule has 0 heterocycles. The molecule has 0 aliphatic carbocycles. The van der Waals surface area contributed by atoms with Crippen molar-refractivity contribution in [1.29, 1.82) is 0 Å². The molecular formula is C31H54N12O13S. The zero-order valence-corrected chi connectivity index (χ0v) is 32.1. The van der Waals surface area contributed by atoms with Gasteiger partial charge < -0.3 is 75.7 Å². The van der Waals surface area contributed by atoms with Gasteiger partial charge in [0.25, 0.3) is 0 Å². The van der Waals surface area contributed by atoms with Gasteiger partial charge >= 0.3 is 23.9 Å². The second kappa shape index (κ2) is 27.6. The van der Waals surface area contributed by atoms with Crippen LogP contribution in [-0.4, -0.2) is 147 Å². The van der Waals surface area contributed by atoms with Crippen LogP contribution in [0.25, 0.3) is 0 Å². The van der Waals surface area contributed by atoms with E-state index in [1.807, 2.05) is 0 Å². The van der Waals surface area contributed by atoms with Crippen molar-refractivity contribution in [1.82, 2.24) is 26.6 Å². The van der Waals surface area contributed by atoms with Crippen molar-refractivity contribution in [2.45, 2.75) is 100 Å². The summed E-state index contributed by atoms with van der Waals surface area (Å²) in [6, 6.07) is -9.23. The van der Waals surface area contributed by atoms with Crippen molar-refractivity contribution in [2.75, 3.05) is 25.1 Å². The van der Waals surface area contributed by atoms with Gasteiger partial charge in [-0.15, -0.1) is 0 Å². The van der Waals surface area contributed by atoms with Crippen molar-refractivity contribution in [3.05, 3.63) is 0 Å². The monoisotopic (exact) mass is 834 g/mol. The Morgan fingerprint density at radius 1 is 0.526 bits per heavy atom. The van der Waals surface area contributed by atoms with E-state index in [1.54, 1.807) is 6.26 Å². The highest BCUT2D eigenvalue weighted by Crippen LogP contribution is 2.09. The topological polar surface area (TPSA) is 450 Å². The number of nitrogens with two attached hydrogens (primary N) is 5. The summed E-state index contributed by atoms with van der Waals surface area (Å²) in [4.78, 5) is 120. The van der Waals surface area contributed by atoms with Crippen LogP contribution in [0, 0.1) is 0 Å². The number of aliphatic imine (C=N–C) groups is 2. The van der Waals surface area contributed by atoms with Gasteiger partial charge in [0.05, 0.1) is 12.5 Å². The summed E-state index contributed by atoms with van der Waals surface area (Å²) < 4.78 is 0. The van der Waals surface area contributed by atoms with Crippen molar-refractivity contribution in [2.24, 2.45) is 38.7 Å². The summed E-state index contributed by atoms with van der Waals surface area (Å²) in [7, 11) is 0. The molecule has 0 saturated heterocycles. The lowest BCUT2D eigenvalue weighted by atomic mass is 10.1. The van der Waals surface area contributed by atoms with Crippen LogP contribution in [0.15, 0.2) is 9.98 Å². The molecule has 25 nitrogen and oxygen atoms in total. The number of amides is 5. The summed E-state index contributed by atoms with van der Waals surface area (Å²) in [5.74, 6) is -11.2. The molecule has 0 fully saturated rings. The van der Waals surface area contributed by atoms with Crippen molar-refractivity contribution < 1.29 is 63.6 Å². The molecule has 0 aromatic rings. The smallest absolute Gasteiger partial charge is 0.326 e. The minimum Gasteiger partial charge on any atom is -0.481 e. The highest BCUT2D eigenvalue weighted by molar-refractivity contribution is 7.98. The standard InChI is InChI=1S/C31H54N12O13S/c1-57-13-10-18(27(53)40-17(6-8-21(44)45)26(52)42-19(29(55)56)7-9-22(46)47)41-28(54)20(14-23(48)49)43-25(51)16(5-3-12-38-31(35)36)39-24(50)15(32)4-2-11-37-30(33)34/h15-20H,2-14,32H2,1H3,(H,39,50)(H,40,53)(H,41,54)(H,42,52)(H,43,51)(H,44,45)(H,46,47)(H,48,49)(H,55,56)(H4,33,34,37)(H4,35,36,38)/t15-,16-,17-,18+,19-,20-/m0/s1. The third-order valence-corrected chi connectivity index (χ3v) is 8.32. The van der Waals surface area contributed by atoms with Crippen LogP contribution in [0.1, 0.15) is 64.2 Å². The van der Waals surface area contributed by atoms with E-state index in [1.165, 1.54) is 11.8 Å². The summed E-state index contributed by atoms with van der Waals surface area (Å²) in [6.07, 6.45) is -1.41. The minimum absolute atomic E-state index is 0.0304. The molecule has 5 amide bonds. The first kappa shape index (κ1) is 51.1. The zero-order chi connectivity index (χ0) is 43.7. The number of carboxylic acid groups (broad SMARTS) is 4. The quantitative estimate of drug-likeness (QED) is 0.0183. The van der Waals surface area contributed by atoms with Gasteiger partial charge in [0, 0.05) is 25.9 Å². The molecule has 0 spiro atoms. The van der Waals surface area contributed by atoms with E-state index in [4.69, 9.17) is 33.8 Å². The number of guanidine groups is 2. The largest absolute Gasteiger partial charge is 0.481 e. The maximum atomic E-state index is 13.5. The van der Waals surface area contributed by atoms with Crippen LogP contribution < -0.4 is 55.3 Å². The van der Waals surface area contributed by atoms with Crippen molar-refractivity contribution in [3.63, 3.8) is 0 Å². The summed E-state index contributed by atoms with van der Waals surface area (Å²) in [6.45, 7) is 0.201. The Labute approximate surface area is 331 Å². The second-order valence-electron chi connectivity index (χ2n) is 12.4. The number of hydrogen-bond acceptors (Lipinski definition) is 13. The van der Waals surface area contributed by atoms with Gasteiger partial charge in [-0.25, -0.2) is 4.79 Å². The molecule has 26 heteroatoms. The van der Waals surface area contributed by atoms with E-state index in [0.29, 0.717) is 6.42 Å². The van der Waals surface area contributed by atoms with Gasteiger partial charge in [0.2, 0.25) is 29.5 Å². The number of aliphatic carboxylic acids is 4. The van der Waals surface area contributed by atoms with E-state index in [9.17, 15) is 58.5 Å². The van der Waals surface area contributed by atoms with Gasteiger partial charge in [-0.2, -0.15) is 11.8 Å². The first-order chi connectivity index (χ1) is 26.7. The van der Waals surface area contributed by atoms with E-state index < -0.39 is 122 Å². The first-order valence-electron chi connectivity index (χ1n) is 17.4. The summed E-state index contributed by atoms with van der Waals surface area (Å²) in [5, 5.41) is 48.5. The summed E-state index contributed by atoms with van der Waals surface area (Å²) >= 11 is 1.24. The van der Waals surface area contributed by atoms with Gasteiger partial charge in [0.1, 0.15) is 30.2 Å². The maximum absolute atomic E-state index is 13.5. The molecule has 322 valence electrons. The number of carbonyl (C=O) groups is 9. The third kappa shape index (κ3) is 23.6. The van der Waals surface area contributed by atoms with E-state index >= 15 is 0 Å². The van der Waals surface area contributed by atoms with Gasteiger partial charge in [-0.1, -0.05) is 0 Å². The highest BCUT2D eigenvalue weighted by Gasteiger charge is 2.34. The van der Waals surface area contributed by atoms with Gasteiger partial charge in [-0.05, 0) is 57.0 Å². The Balaban J connectivity index is 6.27. The molecule has 57 heavy (non-hydrogen) atoms. The van der Waals surface area contributed by atoms with Crippen molar-refractivity contribution >= 4 is 77.1 Å². The molecule has 0 saturated carbocycles. The fraction of sp³-hybridized carbons (Fsp3) is 0.645. The molecule has 0 radical (unpaired) electrons. The van der Waals surface area contributed by atoms with Crippen LogP contribution in [0.5, 0.6) is 0 Å². The Bertz CT molecular complexity index is 1470. The van der Waals surface area contributed by atoms with Crippen LogP contribution in [0.3, 0.4) is 0 Å². The molecule has 0 unspecified atom stereocenters.